The molecule has 0 aliphatic rings. The Kier molecular flexibility index (Phi) is 2.27. The van der Waals surface area contributed by atoms with Crippen LogP contribution in [-0.4, -0.2) is 5.78 Å². The Morgan fingerprint density at radius 3 is 2.14 bits per heavy atom. The summed E-state index contributed by atoms with van der Waals surface area (Å²) in [6.45, 7) is 2.67. The van der Waals surface area contributed by atoms with Crippen molar-refractivity contribution in [2.45, 2.75) is 13.8 Å². The molecule has 0 rings (SSSR count). The summed E-state index contributed by atoms with van der Waals surface area (Å²) in [5.41, 5.74) is 0. The number of ketones is 1. The molecular weight excluding hydrogens is 95.1 g/mol. The second-order valence-corrected chi connectivity index (χ2v) is 1.19. The van der Waals surface area contributed by atoms with Crippen LogP contribution in [0, 0.1) is 0 Å². The third kappa shape index (κ3) is 2.09. The minimum atomic E-state index is -0.667. The fourth-order valence-electron chi connectivity index (χ4n) is 0.203. The molecule has 0 atom stereocenters. The standard InChI is InChI=1S/C5H7FO/c1-3-5(6)4(2)7/h3H,1-2H3/b5-3+. The summed E-state index contributed by atoms with van der Waals surface area (Å²) in [5.74, 6) is -1.18. The predicted molar refractivity (Wildman–Crippen MR) is 25.5 cm³/mol. The highest BCUT2D eigenvalue weighted by Gasteiger charge is 1.95. The van der Waals surface area contributed by atoms with Crippen molar-refractivity contribution in [1.82, 2.24) is 0 Å². The SMILES string of the molecule is C/C=C(/F)C(C)=O. The third-order valence-corrected chi connectivity index (χ3v) is 0.590. The first kappa shape index (κ1) is 6.34. The highest BCUT2D eigenvalue weighted by Crippen LogP contribution is 1.94. The van der Waals surface area contributed by atoms with E-state index in [4.69, 9.17) is 0 Å². The van der Waals surface area contributed by atoms with E-state index in [0.29, 0.717) is 0 Å². The Morgan fingerprint density at radius 1 is 1.71 bits per heavy atom. The van der Waals surface area contributed by atoms with Gasteiger partial charge >= 0.3 is 0 Å². The van der Waals surface area contributed by atoms with E-state index in [2.05, 4.69) is 0 Å². The van der Waals surface area contributed by atoms with Crippen LogP contribution in [0.15, 0.2) is 11.9 Å². The van der Waals surface area contributed by atoms with Crippen LogP contribution in [0.2, 0.25) is 0 Å². The highest BCUT2D eigenvalue weighted by molar-refractivity contribution is 5.90. The molecule has 0 aliphatic carbocycles. The van der Waals surface area contributed by atoms with Crippen LogP contribution < -0.4 is 0 Å². The summed E-state index contributed by atoms with van der Waals surface area (Å²) in [7, 11) is 0. The van der Waals surface area contributed by atoms with E-state index in [-0.39, 0.29) is 0 Å². The minimum Gasteiger partial charge on any atom is -0.292 e. The summed E-state index contributed by atoms with van der Waals surface area (Å²) in [4.78, 5) is 9.93. The van der Waals surface area contributed by atoms with Gasteiger partial charge in [-0.1, -0.05) is 0 Å². The molecule has 0 aromatic heterocycles. The molecule has 0 radical (unpaired) electrons. The van der Waals surface area contributed by atoms with Gasteiger partial charge in [0.1, 0.15) is 0 Å². The molecule has 0 aromatic rings. The van der Waals surface area contributed by atoms with E-state index < -0.39 is 11.6 Å². The first-order chi connectivity index (χ1) is 3.18. The summed E-state index contributed by atoms with van der Waals surface area (Å²) in [6.07, 6.45) is 1.14. The molecule has 0 aromatic carbocycles. The normalized spacial score (nSPS) is 11.6. The molecule has 0 amide bonds. The third-order valence-electron chi connectivity index (χ3n) is 0.590. The van der Waals surface area contributed by atoms with Crippen LogP contribution >= 0.6 is 0 Å². The summed E-state index contributed by atoms with van der Waals surface area (Å²) < 4.78 is 11.8. The van der Waals surface area contributed by atoms with Crippen LogP contribution in [-0.2, 0) is 4.79 Å². The second kappa shape index (κ2) is 2.50. The first-order valence-corrected chi connectivity index (χ1v) is 2.01. The molecule has 2 heteroatoms. The van der Waals surface area contributed by atoms with Crippen molar-refractivity contribution < 1.29 is 9.18 Å². The van der Waals surface area contributed by atoms with Gasteiger partial charge in [0.25, 0.3) is 0 Å². The summed E-state index contributed by atoms with van der Waals surface area (Å²) >= 11 is 0. The number of allylic oxidation sites excluding steroid dienone is 2. The smallest absolute Gasteiger partial charge is 0.187 e. The summed E-state index contributed by atoms with van der Waals surface area (Å²) in [6, 6.07) is 0. The van der Waals surface area contributed by atoms with Crippen molar-refractivity contribution in [1.29, 1.82) is 0 Å². The minimum absolute atomic E-state index is 0.512. The Labute approximate surface area is 41.8 Å². The van der Waals surface area contributed by atoms with Crippen molar-refractivity contribution in [2.75, 3.05) is 0 Å². The monoisotopic (exact) mass is 102 g/mol. The fourth-order valence-corrected chi connectivity index (χ4v) is 0.203. The Balaban J connectivity index is 3.82. The van der Waals surface area contributed by atoms with Crippen molar-refractivity contribution >= 4 is 5.78 Å². The van der Waals surface area contributed by atoms with Gasteiger partial charge in [-0.15, -0.1) is 0 Å². The van der Waals surface area contributed by atoms with Gasteiger partial charge in [0.05, 0.1) is 0 Å². The average molecular weight is 102 g/mol. The number of rotatable bonds is 1. The molecule has 0 N–H and O–H groups in total. The Bertz CT molecular complexity index is 105. The molecule has 0 heterocycles. The van der Waals surface area contributed by atoms with E-state index in [1.165, 1.54) is 13.8 Å². The molecule has 0 fully saturated rings. The number of halogens is 1. The van der Waals surface area contributed by atoms with Gasteiger partial charge in [-0.3, -0.25) is 4.79 Å². The molecule has 0 spiro atoms. The van der Waals surface area contributed by atoms with Crippen molar-refractivity contribution in [3.63, 3.8) is 0 Å². The predicted octanol–water partition coefficient (Wildman–Crippen LogP) is 1.45. The van der Waals surface area contributed by atoms with Crippen LogP contribution in [0.5, 0.6) is 0 Å². The zero-order valence-electron chi connectivity index (χ0n) is 4.36. The lowest BCUT2D eigenvalue weighted by Crippen LogP contribution is -1.86. The maximum atomic E-state index is 11.8. The molecule has 0 saturated carbocycles. The largest absolute Gasteiger partial charge is 0.292 e. The van der Waals surface area contributed by atoms with Gasteiger partial charge in [0, 0.05) is 6.92 Å². The number of carbonyl (C=O) groups is 1. The van der Waals surface area contributed by atoms with Gasteiger partial charge in [-0.25, -0.2) is 4.39 Å². The van der Waals surface area contributed by atoms with Crippen molar-refractivity contribution in [2.24, 2.45) is 0 Å². The van der Waals surface area contributed by atoms with Gasteiger partial charge in [0.15, 0.2) is 11.6 Å². The fraction of sp³-hybridized carbons (Fsp3) is 0.400. The van der Waals surface area contributed by atoms with Gasteiger partial charge in [0.2, 0.25) is 0 Å². The molecule has 0 bridgehead atoms. The molecule has 0 saturated heterocycles. The lowest BCUT2D eigenvalue weighted by Gasteiger charge is -1.80. The summed E-state index contributed by atoms with van der Waals surface area (Å²) in [5, 5.41) is 0. The Morgan fingerprint density at radius 2 is 2.14 bits per heavy atom. The number of Topliss-reactive ketones (excluding diaryl/α,β-unsaturated/α-hetero) is 1. The van der Waals surface area contributed by atoms with Crippen molar-refractivity contribution in [3.8, 4) is 0 Å². The zero-order chi connectivity index (χ0) is 5.86. The quantitative estimate of drug-likeness (QED) is 0.458. The zero-order valence-corrected chi connectivity index (χ0v) is 4.36. The van der Waals surface area contributed by atoms with E-state index in [9.17, 15) is 9.18 Å². The lowest BCUT2D eigenvalue weighted by molar-refractivity contribution is -0.114. The number of carbonyl (C=O) groups excluding carboxylic acids is 1. The molecule has 0 unspecified atom stereocenters. The molecule has 1 nitrogen and oxygen atoms in total. The molecular formula is C5H7FO. The van der Waals surface area contributed by atoms with Crippen LogP contribution in [0.3, 0.4) is 0 Å². The maximum Gasteiger partial charge on any atom is 0.187 e. The topological polar surface area (TPSA) is 17.1 Å². The van der Waals surface area contributed by atoms with Gasteiger partial charge in [-0.05, 0) is 13.0 Å². The number of hydrogen-bond acceptors (Lipinski definition) is 1. The average Bonchev–Trinajstić information content (AvgIpc) is 1.65. The molecule has 40 valence electrons. The molecule has 7 heavy (non-hydrogen) atoms. The lowest BCUT2D eigenvalue weighted by atomic mass is 10.4. The Hall–Kier alpha value is -0.660. The second-order valence-electron chi connectivity index (χ2n) is 1.19. The molecule has 0 aliphatic heterocycles. The van der Waals surface area contributed by atoms with Gasteiger partial charge < -0.3 is 0 Å². The maximum absolute atomic E-state index is 11.8. The van der Waals surface area contributed by atoms with Crippen LogP contribution in [0.4, 0.5) is 4.39 Å². The highest BCUT2D eigenvalue weighted by atomic mass is 19.1. The number of hydrogen-bond donors (Lipinski definition) is 0. The van der Waals surface area contributed by atoms with Crippen LogP contribution in [0.25, 0.3) is 0 Å². The van der Waals surface area contributed by atoms with Gasteiger partial charge in [-0.2, -0.15) is 0 Å². The first-order valence-electron chi connectivity index (χ1n) is 2.01. The van der Waals surface area contributed by atoms with E-state index in [1.807, 2.05) is 0 Å². The van der Waals surface area contributed by atoms with E-state index in [1.54, 1.807) is 0 Å². The van der Waals surface area contributed by atoms with Crippen LogP contribution in [0.1, 0.15) is 13.8 Å². The van der Waals surface area contributed by atoms with Crippen molar-refractivity contribution in [3.05, 3.63) is 11.9 Å². The van der Waals surface area contributed by atoms with E-state index >= 15 is 0 Å². The van der Waals surface area contributed by atoms with E-state index in [0.717, 1.165) is 6.08 Å².